The highest BCUT2D eigenvalue weighted by atomic mass is 16.5. The molecule has 4 heteroatoms. The molecular formula is C11H18N2O2. The Balaban J connectivity index is 2.00. The number of hydrogen-bond donors (Lipinski definition) is 1. The van der Waals surface area contributed by atoms with Crippen LogP contribution < -0.4 is 0 Å². The second-order valence-electron chi connectivity index (χ2n) is 4.71. The Hall–Kier alpha value is -0.900. The van der Waals surface area contributed by atoms with Crippen LogP contribution >= 0.6 is 0 Å². The maximum atomic E-state index is 9.19. The highest BCUT2D eigenvalue weighted by Crippen LogP contribution is 2.36. The molecule has 1 saturated carbocycles. The van der Waals surface area contributed by atoms with Crippen molar-refractivity contribution in [2.75, 3.05) is 0 Å². The van der Waals surface area contributed by atoms with Crippen LogP contribution in [-0.2, 0) is 6.42 Å². The van der Waals surface area contributed by atoms with Crippen molar-refractivity contribution in [3.8, 4) is 0 Å². The van der Waals surface area contributed by atoms with Gasteiger partial charge in [0.1, 0.15) is 0 Å². The Morgan fingerprint density at radius 3 is 2.93 bits per heavy atom. The SMILES string of the molecule is CC(O)Cc1nc(C2CCC(C)C2)no1. The molecule has 4 nitrogen and oxygen atoms in total. The van der Waals surface area contributed by atoms with Crippen molar-refractivity contribution in [2.24, 2.45) is 5.92 Å². The normalized spacial score (nSPS) is 28.2. The van der Waals surface area contributed by atoms with E-state index in [2.05, 4.69) is 17.1 Å². The fraction of sp³-hybridized carbons (Fsp3) is 0.818. The summed E-state index contributed by atoms with van der Waals surface area (Å²) in [6, 6.07) is 0. The maximum Gasteiger partial charge on any atom is 0.229 e. The van der Waals surface area contributed by atoms with Gasteiger partial charge < -0.3 is 9.63 Å². The number of aliphatic hydroxyl groups is 1. The van der Waals surface area contributed by atoms with E-state index in [4.69, 9.17) is 4.52 Å². The topological polar surface area (TPSA) is 59.2 Å². The van der Waals surface area contributed by atoms with Gasteiger partial charge in [-0.25, -0.2) is 0 Å². The molecule has 0 aromatic carbocycles. The van der Waals surface area contributed by atoms with Crippen LogP contribution in [0.3, 0.4) is 0 Å². The van der Waals surface area contributed by atoms with E-state index < -0.39 is 6.10 Å². The van der Waals surface area contributed by atoms with E-state index in [-0.39, 0.29) is 0 Å². The second-order valence-corrected chi connectivity index (χ2v) is 4.71. The van der Waals surface area contributed by atoms with Gasteiger partial charge in [-0.05, 0) is 32.1 Å². The molecule has 3 unspecified atom stereocenters. The van der Waals surface area contributed by atoms with Crippen molar-refractivity contribution in [1.29, 1.82) is 0 Å². The minimum Gasteiger partial charge on any atom is -0.393 e. The number of nitrogens with zero attached hydrogens (tertiary/aromatic N) is 2. The lowest BCUT2D eigenvalue weighted by atomic mass is 10.1. The molecule has 1 N–H and O–H groups in total. The Labute approximate surface area is 89.7 Å². The van der Waals surface area contributed by atoms with Gasteiger partial charge in [0.15, 0.2) is 5.82 Å². The lowest BCUT2D eigenvalue weighted by molar-refractivity contribution is 0.181. The van der Waals surface area contributed by atoms with Gasteiger partial charge >= 0.3 is 0 Å². The highest BCUT2D eigenvalue weighted by molar-refractivity contribution is 4.99. The fourth-order valence-corrected chi connectivity index (χ4v) is 2.21. The lowest BCUT2D eigenvalue weighted by Gasteiger charge is -2.01. The molecule has 1 fully saturated rings. The summed E-state index contributed by atoms with van der Waals surface area (Å²) in [5, 5.41) is 13.2. The molecule has 1 aliphatic carbocycles. The zero-order chi connectivity index (χ0) is 10.8. The van der Waals surface area contributed by atoms with Crippen LogP contribution in [0.2, 0.25) is 0 Å². The summed E-state index contributed by atoms with van der Waals surface area (Å²) >= 11 is 0. The van der Waals surface area contributed by atoms with Crippen molar-refractivity contribution in [1.82, 2.24) is 10.1 Å². The number of aromatic nitrogens is 2. The molecule has 0 radical (unpaired) electrons. The van der Waals surface area contributed by atoms with Crippen molar-refractivity contribution < 1.29 is 9.63 Å². The Kier molecular flexibility index (Phi) is 3.05. The molecule has 1 heterocycles. The third-order valence-electron chi connectivity index (χ3n) is 3.01. The van der Waals surface area contributed by atoms with Crippen molar-refractivity contribution in [3.05, 3.63) is 11.7 Å². The van der Waals surface area contributed by atoms with Crippen LogP contribution in [0.15, 0.2) is 4.52 Å². The number of rotatable bonds is 3. The molecule has 1 aromatic rings. The first kappa shape index (κ1) is 10.6. The second kappa shape index (κ2) is 4.31. The van der Waals surface area contributed by atoms with Gasteiger partial charge in [-0.2, -0.15) is 4.98 Å². The summed E-state index contributed by atoms with van der Waals surface area (Å²) in [6.45, 7) is 3.98. The van der Waals surface area contributed by atoms with Gasteiger partial charge in [-0.1, -0.05) is 12.1 Å². The predicted octanol–water partition coefficient (Wildman–Crippen LogP) is 1.90. The first-order valence-electron chi connectivity index (χ1n) is 5.65. The first-order chi connectivity index (χ1) is 7.15. The van der Waals surface area contributed by atoms with Crippen LogP contribution in [0.25, 0.3) is 0 Å². The Bertz CT molecular complexity index is 322. The van der Waals surface area contributed by atoms with Crippen LogP contribution in [0, 0.1) is 5.92 Å². The molecule has 0 aliphatic heterocycles. The molecule has 0 bridgehead atoms. The quantitative estimate of drug-likeness (QED) is 0.827. The molecule has 84 valence electrons. The molecule has 3 atom stereocenters. The monoisotopic (exact) mass is 210 g/mol. The van der Waals surface area contributed by atoms with Crippen molar-refractivity contribution in [3.63, 3.8) is 0 Å². The average Bonchev–Trinajstić information content (AvgIpc) is 2.72. The van der Waals surface area contributed by atoms with E-state index in [0.29, 0.717) is 18.2 Å². The third kappa shape index (κ3) is 2.56. The smallest absolute Gasteiger partial charge is 0.229 e. The molecule has 2 rings (SSSR count). The molecule has 0 spiro atoms. The minimum absolute atomic E-state index is 0.416. The zero-order valence-electron chi connectivity index (χ0n) is 9.31. The molecule has 0 saturated heterocycles. The Morgan fingerprint density at radius 2 is 2.33 bits per heavy atom. The van der Waals surface area contributed by atoms with Crippen LogP contribution in [0.5, 0.6) is 0 Å². The predicted molar refractivity (Wildman–Crippen MR) is 55.4 cm³/mol. The number of aliphatic hydroxyl groups excluding tert-OH is 1. The van der Waals surface area contributed by atoms with Crippen molar-refractivity contribution >= 4 is 0 Å². The van der Waals surface area contributed by atoms with E-state index in [1.165, 1.54) is 6.42 Å². The van der Waals surface area contributed by atoms with Gasteiger partial charge in [0.2, 0.25) is 5.89 Å². The van der Waals surface area contributed by atoms with Gasteiger partial charge in [0, 0.05) is 5.92 Å². The number of hydrogen-bond acceptors (Lipinski definition) is 4. The maximum absolute atomic E-state index is 9.19. The van der Waals surface area contributed by atoms with Gasteiger partial charge in [0.25, 0.3) is 0 Å². The highest BCUT2D eigenvalue weighted by Gasteiger charge is 2.26. The Morgan fingerprint density at radius 1 is 1.53 bits per heavy atom. The van der Waals surface area contributed by atoms with E-state index >= 15 is 0 Å². The molecule has 15 heavy (non-hydrogen) atoms. The lowest BCUT2D eigenvalue weighted by Crippen LogP contribution is -2.04. The molecule has 1 aromatic heterocycles. The van der Waals surface area contributed by atoms with Gasteiger partial charge in [-0.3, -0.25) is 0 Å². The van der Waals surface area contributed by atoms with Gasteiger partial charge in [0.05, 0.1) is 12.5 Å². The van der Waals surface area contributed by atoms with E-state index in [9.17, 15) is 5.11 Å². The summed E-state index contributed by atoms with van der Waals surface area (Å²) in [5.74, 6) is 2.62. The summed E-state index contributed by atoms with van der Waals surface area (Å²) < 4.78 is 5.10. The van der Waals surface area contributed by atoms with Crippen molar-refractivity contribution in [2.45, 2.75) is 51.6 Å². The van der Waals surface area contributed by atoms with E-state index in [0.717, 1.165) is 24.6 Å². The summed E-state index contributed by atoms with van der Waals surface area (Å²) in [4.78, 5) is 4.33. The van der Waals surface area contributed by atoms with Gasteiger partial charge in [-0.15, -0.1) is 0 Å². The summed E-state index contributed by atoms with van der Waals surface area (Å²) in [7, 11) is 0. The summed E-state index contributed by atoms with van der Waals surface area (Å²) in [5.41, 5.74) is 0. The molecule has 0 amide bonds. The third-order valence-corrected chi connectivity index (χ3v) is 3.01. The van der Waals surface area contributed by atoms with Crippen LogP contribution in [-0.4, -0.2) is 21.4 Å². The van der Waals surface area contributed by atoms with E-state index in [1.807, 2.05) is 0 Å². The zero-order valence-corrected chi connectivity index (χ0v) is 9.31. The largest absolute Gasteiger partial charge is 0.393 e. The fourth-order valence-electron chi connectivity index (χ4n) is 2.21. The van der Waals surface area contributed by atoms with E-state index in [1.54, 1.807) is 6.92 Å². The first-order valence-corrected chi connectivity index (χ1v) is 5.65. The summed E-state index contributed by atoms with van der Waals surface area (Å²) in [6.07, 6.45) is 3.61. The standard InChI is InChI=1S/C11H18N2O2/c1-7-3-4-9(5-7)11-12-10(15-13-11)6-8(2)14/h7-9,14H,3-6H2,1-2H3. The molecule has 1 aliphatic rings. The minimum atomic E-state index is -0.416. The molecular weight excluding hydrogens is 192 g/mol. The van der Waals surface area contributed by atoms with Crippen LogP contribution in [0.4, 0.5) is 0 Å². The average molecular weight is 210 g/mol. The van der Waals surface area contributed by atoms with Crippen LogP contribution in [0.1, 0.15) is 50.7 Å².